The molecular weight excluding hydrogens is 392 g/mol. The summed E-state index contributed by atoms with van der Waals surface area (Å²) < 4.78 is 3.04. The Labute approximate surface area is 170 Å². The molecule has 3 aromatic heterocycles. The first-order valence-electron chi connectivity index (χ1n) is 8.82. The summed E-state index contributed by atoms with van der Waals surface area (Å²) in [4.78, 5) is 21.2. The average molecular weight is 411 g/mol. The molecule has 4 aromatic rings. The summed E-state index contributed by atoms with van der Waals surface area (Å²) in [5.41, 5.74) is 1.78. The molecule has 0 saturated carbocycles. The highest BCUT2D eigenvalue weighted by molar-refractivity contribution is 8.00. The minimum Gasteiger partial charge on any atom is -0.302 e. The number of amides is 1. The van der Waals surface area contributed by atoms with E-state index in [0.717, 1.165) is 21.6 Å². The second kappa shape index (κ2) is 8.07. The molecule has 28 heavy (non-hydrogen) atoms. The lowest BCUT2D eigenvalue weighted by molar-refractivity contribution is -0.115. The van der Waals surface area contributed by atoms with Crippen molar-refractivity contribution in [2.45, 2.75) is 30.8 Å². The van der Waals surface area contributed by atoms with Crippen LogP contribution in [0.1, 0.15) is 13.8 Å². The number of hydrogen-bond acceptors (Lipinski definition) is 7. The maximum atomic E-state index is 12.6. The number of pyridine rings is 1. The number of benzene rings is 1. The lowest BCUT2D eigenvalue weighted by atomic mass is 10.3. The molecular formula is C19H18N6OS2. The van der Waals surface area contributed by atoms with Crippen molar-refractivity contribution in [3.05, 3.63) is 48.8 Å². The van der Waals surface area contributed by atoms with Gasteiger partial charge in [-0.05, 0) is 38.1 Å². The SMILES string of the molecule is CCn1c(S[C@H](C)C(=O)Nc2nc3ccccc3s2)nnc1-c1cccnc1. The fourth-order valence-corrected chi connectivity index (χ4v) is 4.50. The van der Waals surface area contributed by atoms with Gasteiger partial charge in [0.2, 0.25) is 5.91 Å². The Balaban J connectivity index is 1.49. The molecule has 4 rings (SSSR count). The molecule has 3 heterocycles. The van der Waals surface area contributed by atoms with Crippen LogP contribution in [-0.2, 0) is 11.3 Å². The van der Waals surface area contributed by atoms with E-state index >= 15 is 0 Å². The summed E-state index contributed by atoms with van der Waals surface area (Å²) in [7, 11) is 0. The summed E-state index contributed by atoms with van der Waals surface area (Å²) in [5.74, 6) is 0.634. The molecule has 0 bridgehead atoms. The molecule has 0 fully saturated rings. The monoisotopic (exact) mass is 410 g/mol. The minimum atomic E-state index is -0.344. The number of fused-ring (bicyclic) bond motifs is 1. The van der Waals surface area contributed by atoms with Crippen LogP contribution in [-0.4, -0.2) is 35.9 Å². The zero-order chi connectivity index (χ0) is 19.5. The largest absolute Gasteiger partial charge is 0.302 e. The van der Waals surface area contributed by atoms with Gasteiger partial charge in [0.05, 0.1) is 15.5 Å². The standard InChI is InChI=1S/C19H18N6OS2/c1-3-25-16(13-7-6-10-20-11-13)23-24-19(25)27-12(2)17(26)22-18-21-14-8-4-5-9-15(14)28-18/h4-12H,3H2,1-2H3,(H,21,22,26)/t12-/m1/s1. The number of carbonyl (C=O) groups excluding carboxylic acids is 1. The molecule has 1 N–H and O–H groups in total. The minimum absolute atomic E-state index is 0.113. The van der Waals surface area contributed by atoms with Crippen molar-refractivity contribution in [2.75, 3.05) is 5.32 Å². The van der Waals surface area contributed by atoms with Crippen molar-refractivity contribution in [2.24, 2.45) is 0 Å². The molecule has 0 saturated heterocycles. The maximum Gasteiger partial charge on any atom is 0.239 e. The number of nitrogens with zero attached hydrogens (tertiary/aromatic N) is 5. The smallest absolute Gasteiger partial charge is 0.239 e. The number of hydrogen-bond donors (Lipinski definition) is 1. The Kier molecular flexibility index (Phi) is 5.36. The third kappa shape index (κ3) is 3.76. The van der Waals surface area contributed by atoms with Crippen molar-refractivity contribution in [3.8, 4) is 11.4 Å². The second-order valence-corrected chi connectivity index (χ2v) is 8.37. The Morgan fingerprint density at radius 3 is 2.86 bits per heavy atom. The van der Waals surface area contributed by atoms with E-state index in [-0.39, 0.29) is 11.2 Å². The van der Waals surface area contributed by atoms with Crippen molar-refractivity contribution >= 4 is 44.4 Å². The van der Waals surface area contributed by atoms with Gasteiger partial charge in [0.25, 0.3) is 0 Å². The molecule has 1 amide bonds. The molecule has 0 spiro atoms. The predicted octanol–water partition coefficient (Wildman–Crippen LogP) is 4.09. The number of nitrogens with one attached hydrogen (secondary N) is 1. The van der Waals surface area contributed by atoms with Crippen LogP contribution in [0.3, 0.4) is 0 Å². The van der Waals surface area contributed by atoms with Gasteiger partial charge < -0.3 is 9.88 Å². The number of carbonyl (C=O) groups is 1. The van der Waals surface area contributed by atoms with E-state index in [4.69, 9.17) is 0 Å². The van der Waals surface area contributed by atoms with Crippen LogP contribution in [0.4, 0.5) is 5.13 Å². The molecule has 7 nitrogen and oxygen atoms in total. The number of aromatic nitrogens is 5. The zero-order valence-electron chi connectivity index (χ0n) is 15.4. The first-order chi connectivity index (χ1) is 13.7. The zero-order valence-corrected chi connectivity index (χ0v) is 17.0. The summed E-state index contributed by atoms with van der Waals surface area (Å²) >= 11 is 2.84. The quantitative estimate of drug-likeness (QED) is 0.482. The van der Waals surface area contributed by atoms with Crippen molar-refractivity contribution in [3.63, 3.8) is 0 Å². The topological polar surface area (TPSA) is 85.6 Å². The lowest BCUT2D eigenvalue weighted by Gasteiger charge is -2.11. The first kappa shape index (κ1) is 18.6. The van der Waals surface area contributed by atoms with E-state index in [0.29, 0.717) is 16.8 Å². The molecule has 0 aliphatic heterocycles. The van der Waals surface area contributed by atoms with Gasteiger partial charge in [-0.1, -0.05) is 35.2 Å². The molecule has 0 aliphatic carbocycles. The average Bonchev–Trinajstić information content (AvgIpc) is 3.31. The third-order valence-corrected chi connectivity index (χ3v) is 6.16. The molecule has 1 atom stereocenters. The summed E-state index contributed by atoms with van der Waals surface area (Å²) in [6, 6.07) is 11.6. The van der Waals surface area contributed by atoms with E-state index in [1.807, 2.05) is 54.8 Å². The van der Waals surface area contributed by atoms with E-state index in [2.05, 4.69) is 25.5 Å². The van der Waals surface area contributed by atoms with Gasteiger partial charge >= 0.3 is 0 Å². The fraction of sp³-hybridized carbons (Fsp3) is 0.211. The van der Waals surface area contributed by atoms with Crippen LogP contribution in [0.2, 0.25) is 0 Å². The van der Waals surface area contributed by atoms with E-state index < -0.39 is 0 Å². The Morgan fingerprint density at radius 2 is 2.11 bits per heavy atom. The molecule has 0 unspecified atom stereocenters. The van der Waals surface area contributed by atoms with Crippen molar-refractivity contribution in [1.29, 1.82) is 0 Å². The molecule has 1 aromatic carbocycles. The van der Waals surface area contributed by atoms with E-state index in [9.17, 15) is 4.79 Å². The van der Waals surface area contributed by atoms with Gasteiger partial charge in [-0.2, -0.15) is 0 Å². The fourth-order valence-electron chi connectivity index (χ4n) is 2.71. The number of para-hydroxylation sites is 1. The maximum absolute atomic E-state index is 12.6. The second-order valence-electron chi connectivity index (χ2n) is 6.03. The summed E-state index contributed by atoms with van der Waals surface area (Å²) in [5, 5.41) is 12.4. The lowest BCUT2D eigenvalue weighted by Crippen LogP contribution is -2.22. The first-order valence-corrected chi connectivity index (χ1v) is 10.5. The van der Waals surface area contributed by atoms with Gasteiger partial charge in [0.15, 0.2) is 16.1 Å². The number of anilines is 1. The third-order valence-electron chi connectivity index (χ3n) is 4.13. The van der Waals surface area contributed by atoms with Crippen molar-refractivity contribution < 1.29 is 4.79 Å². The van der Waals surface area contributed by atoms with Gasteiger partial charge in [0.1, 0.15) is 0 Å². The number of thiazole rings is 1. The van der Waals surface area contributed by atoms with Gasteiger partial charge in [0, 0.05) is 24.5 Å². The molecule has 142 valence electrons. The highest BCUT2D eigenvalue weighted by Crippen LogP contribution is 2.29. The van der Waals surface area contributed by atoms with Crippen LogP contribution in [0.5, 0.6) is 0 Å². The molecule has 0 aliphatic rings. The van der Waals surface area contributed by atoms with E-state index in [1.165, 1.54) is 23.1 Å². The highest BCUT2D eigenvalue weighted by Gasteiger charge is 2.21. The van der Waals surface area contributed by atoms with Gasteiger partial charge in [-0.15, -0.1) is 10.2 Å². The van der Waals surface area contributed by atoms with Crippen LogP contribution >= 0.6 is 23.1 Å². The number of thioether (sulfide) groups is 1. The highest BCUT2D eigenvalue weighted by atomic mass is 32.2. The molecule has 0 radical (unpaired) electrons. The van der Waals surface area contributed by atoms with E-state index in [1.54, 1.807) is 12.4 Å². The van der Waals surface area contributed by atoms with Crippen LogP contribution < -0.4 is 5.32 Å². The van der Waals surface area contributed by atoms with Crippen LogP contribution in [0.25, 0.3) is 21.6 Å². The summed E-state index contributed by atoms with van der Waals surface area (Å²) in [6.07, 6.45) is 3.48. The predicted molar refractivity (Wildman–Crippen MR) is 112 cm³/mol. The van der Waals surface area contributed by atoms with Crippen molar-refractivity contribution in [1.82, 2.24) is 24.7 Å². The van der Waals surface area contributed by atoms with Crippen LogP contribution in [0.15, 0.2) is 53.9 Å². The molecule has 9 heteroatoms. The summed E-state index contributed by atoms with van der Waals surface area (Å²) in [6.45, 7) is 4.58. The Bertz CT molecular complexity index is 1080. The number of rotatable bonds is 6. The Hall–Kier alpha value is -2.78. The Morgan fingerprint density at radius 1 is 1.25 bits per heavy atom. The van der Waals surface area contributed by atoms with Crippen LogP contribution in [0, 0.1) is 0 Å². The normalized spacial score (nSPS) is 12.2. The van der Waals surface area contributed by atoms with Gasteiger partial charge in [-0.25, -0.2) is 4.98 Å². The van der Waals surface area contributed by atoms with Gasteiger partial charge in [-0.3, -0.25) is 9.78 Å².